The zero-order chi connectivity index (χ0) is 26.1. The van der Waals surface area contributed by atoms with Gasteiger partial charge in [-0.2, -0.15) is 0 Å². The molecule has 0 radical (unpaired) electrons. The molecule has 184 valence electrons. The molecule has 0 atom stereocenters. The fourth-order valence-electron chi connectivity index (χ4n) is 2.95. The second-order valence-corrected chi connectivity index (χ2v) is 8.29. The number of carbonyl (C=O) groups is 4. The summed E-state index contributed by atoms with van der Waals surface area (Å²) in [5.74, 6) is -1.61. The summed E-state index contributed by atoms with van der Waals surface area (Å²) in [6.45, 7) is 5.49. The molecular weight excluding hydrogens is 458 g/mol. The van der Waals surface area contributed by atoms with E-state index in [9.17, 15) is 19.2 Å². The Hall–Kier alpha value is -4.72. The number of hydrogen-bond donors (Lipinski definition) is 3. The van der Waals surface area contributed by atoms with E-state index in [1.807, 2.05) is 19.1 Å². The van der Waals surface area contributed by atoms with Crippen LogP contribution in [0.1, 0.15) is 45.7 Å². The number of rotatable bonds is 7. The van der Waals surface area contributed by atoms with Crippen LogP contribution >= 0.6 is 0 Å². The minimum atomic E-state index is -0.580. The monoisotopic (exact) mass is 485 g/mol. The lowest BCUT2D eigenvalue weighted by Gasteiger charge is -2.09. The quantitative estimate of drug-likeness (QED) is 0.200. The Morgan fingerprint density at radius 1 is 0.806 bits per heavy atom. The van der Waals surface area contributed by atoms with E-state index in [0.717, 1.165) is 5.56 Å². The predicted molar refractivity (Wildman–Crippen MR) is 137 cm³/mol. The molecule has 0 aliphatic heterocycles. The van der Waals surface area contributed by atoms with Gasteiger partial charge in [-0.3, -0.25) is 25.2 Å². The Bertz CT molecular complexity index is 1280. The predicted octanol–water partition coefficient (Wildman–Crippen LogP) is 4.28. The van der Waals surface area contributed by atoms with Crippen LogP contribution in [0.5, 0.6) is 5.75 Å². The maximum atomic E-state index is 12.4. The maximum absolute atomic E-state index is 12.4. The molecule has 0 aliphatic carbocycles. The molecule has 3 rings (SSSR count). The molecule has 8 heteroatoms. The molecule has 0 unspecified atom stereocenters. The maximum Gasteiger partial charge on any atom is 0.343 e. The van der Waals surface area contributed by atoms with Gasteiger partial charge in [0.25, 0.3) is 11.8 Å². The number of anilines is 1. The molecule has 3 amide bonds. The highest BCUT2D eigenvalue weighted by Gasteiger charge is 2.12. The van der Waals surface area contributed by atoms with Crippen LogP contribution in [0.25, 0.3) is 6.08 Å². The number of para-hydroxylation sites is 1. The number of hydrazine groups is 1. The first kappa shape index (κ1) is 25.9. The number of nitrogens with one attached hydrogen (secondary N) is 3. The molecule has 0 spiro atoms. The van der Waals surface area contributed by atoms with Crippen molar-refractivity contribution in [3.63, 3.8) is 0 Å². The topological polar surface area (TPSA) is 114 Å². The number of ether oxygens (including phenoxy) is 1. The molecule has 8 nitrogen and oxygen atoms in total. The summed E-state index contributed by atoms with van der Waals surface area (Å²) in [5.41, 5.74) is 7.45. The van der Waals surface area contributed by atoms with E-state index in [-0.39, 0.29) is 11.8 Å². The van der Waals surface area contributed by atoms with E-state index >= 15 is 0 Å². The zero-order valence-electron chi connectivity index (χ0n) is 20.2. The molecule has 0 bridgehead atoms. The number of carbonyl (C=O) groups excluding carboxylic acids is 4. The van der Waals surface area contributed by atoms with Crippen LogP contribution in [0.15, 0.2) is 78.9 Å². The highest BCUT2D eigenvalue weighted by molar-refractivity contribution is 5.99. The van der Waals surface area contributed by atoms with Gasteiger partial charge in [0.05, 0.1) is 5.56 Å². The molecule has 3 N–H and O–H groups in total. The lowest BCUT2D eigenvalue weighted by molar-refractivity contribution is -0.119. The molecular formula is C28H27N3O5. The summed E-state index contributed by atoms with van der Waals surface area (Å²) >= 11 is 0. The lowest BCUT2D eigenvalue weighted by Crippen LogP contribution is -2.40. The van der Waals surface area contributed by atoms with Crippen molar-refractivity contribution in [2.45, 2.75) is 20.8 Å². The number of aryl methyl sites for hydroxylation is 1. The van der Waals surface area contributed by atoms with Gasteiger partial charge >= 0.3 is 5.97 Å². The van der Waals surface area contributed by atoms with Gasteiger partial charge in [0, 0.05) is 28.8 Å². The Balaban J connectivity index is 1.55. The first-order valence-corrected chi connectivity index (χ1v) is 11.3. The normalized spacial score (nSPS) is 10.7. The van der Waals surface area contributed by atoms with Crippen LogP contribution < -0.4 is 20.9 Å². The average molecular weight is 486 g/mol. The summed E-state index contributed by atoms with van der Waals surface area (Å²) in [5, 5.41) is 2.74. The van der Waals surface area contributed by atoms with Gasteiger partial charge in [-0.1, -0.05) is 49.7 Å². The Labute approximate surface area is 209 Å². The van der Waals surface area contributed by atoms with E-state index in [0.29, 0.717) is 28.1 Å². The highest BCUT2D eigenvalue weighted by Crippen LogP contribution is 2.21. The largest absolute Gasteiger partial charge is 0.422 e. The molecule has 36 heavy (non-hydrogen) atoms. The summed E-state index contributed by atoms with van der Waals surface area (Å²) in [6, 6.07) is 20.1. The SMILES string of the molecule is Cc1ccc(C(=O)Oc2ccccc2/C=C/C(=O)NNC(=O)c2ccc(NC(=O)C(C)C)cc2)cc1. The van der Waals surface area contributed by atoms with Gasteiger partial charge in [0.2, 0.25) is 5.91 Å². The molecule has 0 aliphatic rings. The van der Waals surface area contributed by atoms with Crippen molar-refractivity contribution >= 4 is 35.5 Å². The van der Waals surface area contributed by atoms with E-state index in [1.54, 1.807) is 62.4 Å². The Morgan fingerprint density at radius 3 is 2.11 bits per heavy atom. The van der Waals surface area contributed by atoms with Crippen LogP contribution in [0.4, 0.5) is 5.69 Å². The minimum Gasteiger partial charge on any atom is -0.422 e. The number of benzene rings is 3. The molecule has 0 saturated carbocycles. The fraction of sp³-hybridized carbons (Fsp3) is 0.143. The highest BCUT2D eigenvalue weighted by atomic mass is 16.5. The van der Waals surface area contributed by atoms with Gasteiger partial charge in [0.15, 0.2) is 0 Å². The van der Waals surface area contributed by atoms with E-state index in [2.05, 4.69) is 16.2 Å². The standard InChI is InChI=1S/C28H27N3O5/c1-18(2)26(33)29-23-15-12-21(13-16-23)27(34)31-30-25(32)17-14-20-6-4-5-7-24(20)36-28(35)22-10-8-19(3)9-11-22/h4-18H,1-3H3,(H,29,33)(H,30,32)(H,31,34)/b17-14+. The third kappa shape index (κ3) is 7.39. The second-order valence-electron chi connectivity index (χ2n) is 8.29. The van der Waals surface area contributed by atoms with Crippen LogP contribution in [0, 0.1) is 12.8 Å². The molecule has 3 aromatic carbocycles. The van der Waals surface area contributed by atoms with Crippen LogP contribution in [-0.2, 0) is 9.59 Å². The smallest absolute Gasteiger partial charge is 0.343 e. The van der Waals surface area contributed by atoms with Gasteiger partial charge in [-0.15, -0.1) is 0 Å². The van der Waals surface area contributed by atoms with Crippen LogP contribution in [-0.4, -0.2) is 23.7 Å². The molecule has 3 aromatic rings. The Kier molecular flexibility index (Phi) is 8.72. The lowest BCUT2D eigenvalue weighted by atomic mass is 10.1. The molecule has 0 aromatic heterocycles. The summed E-state index contributed by atoms with van der Waals surface area (Å²) in [4.78, 5) is 48.7. The van der Waals surface area contributed by atoms with Crippen molar-refractivity contribution in [2.24, 2.45) is 5.92 Å². The van der Waals surface area contributed by atoms with Crippen molar-refractivity contribution in [3.05, 3.63) is 101 Å². The summed E-state index contributed by atoms with van der Waals surface area (Å²) in [7, 11) is 0. The van der Waals surface area contributed by atoms with Crippen molar-refractivity contribution in [1.82, 2.24) is 10.9 Å². The zero-order valence-corrected chi connectivity index (χ0v) is 20.2. The van der Waals surface area contributed by atoms with Gasteiger partial charge < -0.3 is 10.1 Å². The first-order chi connectivity index (χ1) is 17.2. The van der Waals surface area contributed by atoms with Crippen molar-refractivity contribution in [2.75, 3.05) is 5.32 Å². The molecule has 0 fully saturated rings. The third-order valence-corrected chi connectivity index (χ3v) is 5.06. The van der Waals surface area contributed by atoms with E-state index in [1.165, 1.54) is 24.3 Å². The third-order valence-electron chi connectivity index (χ3n) is 5.06. The number of hydrogen-bond acceptors (Lipinski definition) is 5. The van der Waals surface area contributed by atoms with Crippen molar-refractivity contribution in [3.8, 4) is 5.75 Å². The average Bonchev–Trinajstić information content (AvgIpc) is 2.87. The van der Waals surface area contributed by atoms with E-state index < -0.39 is 17.8 Å². The number of esters is 1. The fourth-order valence-corrected chi connectivity index (χ4v) is 2.95. The molecule has 0 heterocycles. The van der Waals surface area contributed by atoms with Crippen LogP contribution in [0.2, 0.25) is 0 Å². The first-order valence-electron chi connectivity index (χ1n) is 11.3. The van der Waals surface area contributed by atoms with Crippen molar-refractivity contribution in [1.29, 1.82) is 0 Å². The summed E-state index contributed by atoms with van der Waals surface area (Å²) in [6.07, 6.45) is 2.69. The minimum absolute atomic E-state index is 0.127. The van der Waals surface area contributed by atoms with Gasteiger partial charge in [-0.05, 0) is 55.5 Å². The Morgan fingerprint density at radius 2 is 1.44 bits per heavy atom. The second kappa shape index (κ2) is 12.1. The van der Waals surface area contributed by atoms with Crippen molar-refractivity contribution < 1.29 is 23.9 Å². The van der Waals surface area contributed by atoms with Crippen LogP contribution in [0.3, 0.4) is 0 Å². The van der Waals surface area contributed by atoms with Gasteiger partial charge in [0.1, 0.15) is 5.75 Å². The van der Waals surface area contributed by atoms with E-state index in [4.69, 9.17) is 4.74 Å². The van der Waals surface area contributed by atoms with Gasteiger partial charge in [-0.25, -0.2) is 4.79 Å². The molecule has 0 saturated heterocycles. The summed E-state index contributed by atoms with van der Waals surface area (Å²) < 4.78 is 5.49. The number of amides is 3.